The predicted octanol–water partition coefficient (Wildman–Crippen LogP) is 0.692. The Morgan fingerprint density at radius 1 is 1.29 bits per heavy atom. The van der Waals surface area contributed by atoms with Crippen molar-refractivity contribution in [1.29, 1.82) is 0 Å². The predicted molar refractivity (Wildman–Crippen MR) is 70.3 cm³/mol. The minimum Gasteiger partial charge on any atom is -0.326 e. The molecular weight excluding hydrogens is 302 g/mol. The maximum atomic E-state index is 13.7. The highest BCUT2D eigenvalue weighted by Crippen LogP contribution is 2.19. The van der Waals surface area contributed by atoms with Gasteiger partial charge in [-0.3, -0.25) is 0 Å². The maximum Gasteiger partial charge on any atom is 0.243 e. The molecule has 1 aromatic carbocycles. The molecule has 1 heterocycles. The maximum absolute atomic E-state index is 13.7. The molecule has 0 amide bonds. The van der Waals surface area contributed by atoms with Gasteiger partial charge in [0.1, 0.15) is 4.90 Å². The Kier molecular flexibility index (Phi) is 4.56. The van der Waals surface area contributed by atoms with Crippen LogP contribution in [0.2, 0.25) is 0 Å². The molecule has 21 heavy (non-hydrogen) atoms. The van der Waals surface area contributed by atoms with Crippen LogP contribution in [0.25, 0.3) is 0 Å². The molecule has 0 saturated carbocycles. The van der Waals surface area contributed by atoms with Gasteiger partial charge in [-0.05, 0) is 29.8 Å². The lowest BCUT2D eigenvalue weighted by Gasteiger charge is -2.09. The zero-order chi connectivity index (χ0) is 15.5. The summed E-state index contributed by atoms with van der Waals surface area (Å²) in [5, 5.41) is 7.27. The van der Waals surface area contributed by atoms with E-state index in [0.717, 1.165) is 12.1 Å². The molecule has 0 atom stereocenters. The Balaban J connectivity index is 2.29. The highest BCUT2D eigenvalue weighted by atomic mass is 32.2. The number of hydrogen-bond donors (Lipinski definition) is 2. The van der Waals surface area contributed by atoms with Crippen LogP contribution in [0.5, 0.6) is 0 Å². The highest BCUT2D eigenvalue weighted by Gasteiger charge is 2.22. The molecule has 0 aliphatic heterocycles. The number of nitrogens with zero attached hydrogens (tertiary/aromatic N) is 2. The molecular formula is C12H12F2N4O2S. The number of halogens is 2. The molecule has 0 saturated heterocycles. The van der Waals surface area contributed by atoms with Gasteiger partial charge in [0.2, 0.25) is 10.0 Å². The topological polar surface area (TPSA) is 98.0 Å². The van der Waals surface area contributed by atoms with Crippen LogP contribution in [-0.4, -0.2) is 18.6 Å². The fourth-order valence-corrected chi connectivity index (χ4v) is 2.74. The van der Waals surface area contributed by atoms with Crippen molar-refractivity contribution in [1.82, 2.24) is 14.9 Å². The van der Waals surface area contributed by atoms with Crippen LogP contribution < -0.4 is 10.5 Å². The SMILES string of the molecule is NCc1cc(F)c(F)c(S(=O)(=O)NCc2cccnn2)c1. The molecule has 1 aromatic heterocycles. The third-order valence-corrected chi connectivity index (χ3v) is 4.05. The van der Waals surface area contributed by atoms with E-state index in [1.165, 1.54) is 6.20 Å². The minimum atomic E-state index is -4.23. The van der Waals surface area contributed by atoms with E-state index >= 15 is 0 Å². The van der Waals surface area contributed by atoms with Crippen molar-refractivity contribution in [3.05, 3.63) is 53.4 Å². The number of sulfonamides is 1. The Hall–Kier alpha value is -1.97. The standard InChI is InChI=1S/C12H12F2N4O2S/c13-10-4-8(6-15)5-11(12(10)14)21(19,20)17-7-9-2-1-3-16-18-9/h1-5,17H,6-7,15H2. The molecule has 0 aliphatic rings. The molecule has 2 rings (SSSR count). The first-order valence-corrected chi connectivity index (χ1v) is 7.36. The highest BCUT2D eigenvalue weighted by molar-refractivity contribution is 7.89. The molecule has 0 spiro atoms. The summed E-state index contributed by atoms with van der Waals surface area (Å²) >= 11 is 0. The smallest absolute Gasteiger partial charge is 0.243 e. The summed E-state index contributed by atoms with van der Waals surface area (Å²) < 4.78 is 53.3. The van der Waals surface area contributed by atoms with Gasteiger partial charge in [-0.25, -0.2) is 21.9 Å². The van der Waals surface area contributed by atoms with Gasteiger partial charge in [0, 0.05) is 12.7 Å². The van der Waals surface area contributed by atoms with Gasteiger partial charge in [-0.15, -0.1) is 0 Å². The lowest BCUT2D eigenvalue weighted by molar-refractivity contribution is 0.481. The number of aromatic nitrogens is 2. The van der Waals surface area contributed by atoms with E-state index in [1.54, 1.807) is 12.1 Å². The van der Waals surface area contributed by atoms with Crippen molar-refractivity contribution in [2.75, 3.05) is 0 Å². The second-order valence-corrected chi connectivity index (χ2v) is 5.87. The van der Waals surface area contributed by atoms with Crippen LogP contribution in [-0.2, 0) is 23.1 Å². The number of nitrogens with two attached hydrogens (primary N) is 1. The van der Waals surface area contributed by atoms with Crippen LogP contribution in [0, 0.1) is 11.6 Å². The minimum absolute atomic E-state index is 0.107. The Morgan fingerprint density at radius 2 is 2.05 bits per heavy atom. The quantitative estimate of drug-likeness (QED) is 0.846. The normalized spacial score (nSPS) is 11.6. The lowest BCUT2D eigenvalue weighted by atomic mass is 10.2. The molecule has 0 bridgehead atoms. The summed E-state index contributed by atoms with van der Waals surface area (Å²) in [6.45, 7) is -0.298. The van der Waals surface area contributed by atoms with E-state index in [4.69, 9.17) is 5.73 Å². The molecule has 0 unspecified atom stereocenters. The van der Waals surface area contributed by atoms with E-state index in [-0.39, 0.29) is 18.7 Å². The molecule has 0 fully saturated rings. The molecule has 2 aromatic rings. The van der Waals surface area contributed by atoms with Crippen LogP contribution in [0.1, 0.15) is 11.3 Å². The fourth-order valence-electron chi connectivity index (χ4n) is 1.61. The number of nitrogens with one attached hydrogen (secondary N) is 1. The van der Waals surface area contributed by atoms with Gasteiger partial charge in [0.05, 0.1) is 12.2 Å². The van der Waals surface area contributed by atoms with E-state index in [2.05, 4.69) is 14.9 Å². The third kappa shape index (κ3) is 3.57. The fraction of sp³-hybridized carbons (Fsp3) is 0.167. The van der Waals surface area contributed by atoms with Crippen molar-refractivity contribution >= 4 is 10.0 Å². The first kappa shape index (κ1) is 15.4. The first-order chi connectivity index (χ1) is 9.94. The summed E-state index contributed by atoms with van der Waals surface area (Å²) in [6.07, 6.45) is 1.43. The molecule has 6 nitrogen and oxygen atoms in total. The average molecular weight is 314 g/mol. The van der Waals surface area contributed by atoms with E-state index in [0.29, 0.717) is 5.69 Å². The van der Waals surface area contributed by atoms with Gasteiger partial charge >= 0.3 is 0 Å². The van der Waals surface area contributed by atoms with Crippen LogP contribution in [0.3, 0.4) is 0 Å². The van der Waals surface area contributed by atoms with Gasteiger partial charge in [0.25, 0.3) is 0 Å². The Labute approximate surface area is 120 Å². The summed E-state index contributed by atoms with van der Waals surface area (Å²) in [4.78, 5) is -0.785. The van der Waals surface area contributed by atoms with Crippen molar-refractivity contribution in [2.24, 2.45) is 5.73 Å². The lowest BCUT2D eigenvalue weighted by Crippen LogP contribution is -2.25. The molecule has 3 N–H and O–H groups in total. The Morgan fingerprint density at radius 3 is 2.67 bits per heavy atom. The van der Waals surface area contributed by atoms with E-state index in [1.807, 2.05) is 0 Å². The van der Waals surface area contributed by atoms with E-state index < -0.39 is 26.6 Å². The van der Waals surface area contributed by atoms with Crippen molar-refractivity contribution < 1.29 is 17.2 Å². The van der Waals surface area contributed by atoms with Crippen LogP contribution in [0.15, 0.2) is 35.4 Å². The zero-order valence-electron chi connectivity index (χ0n) is 10.8. The Bertz CT molecular complexity index is 738. The second-order valence-electron chi connectivity index (χ2n) is 4.13. The van der Waals surface area contributed by atoms with Gasteiger partial charge in [-0.1, -0.05) is 0 Å². The monoisotopic (exact) mass is 314 g/mol. The zero-order valence-corrected chi connectivity index (χ0v) is 11.6. The average Bonchev–Trinajstić information content (AvgIpc) is 2.48. The number of rotatable bonds is 5. The van der Waals surface area contributed by atoms with Crippen LogP contribution >= 0.6 is 0 Å². The van der Waals surface area contributed by atoms with Gasteiger partial charge in [0.15, 0.2) is 11.6 Å². The van der Waals surface area contributed by atoms with Crippen molar-refractivity contribution in [2.45, 2.75) is 18.0 Å². The number of benzene rings is 1. The third-order valence-electron chi connectivity index (χ3n) is 2.65. The summed E-state index contributed by atoms with van der Waals surface area (Å²) in [6, 6.07) is 4.98. The van der Waals surface area contributed by atoms with Gasteiger partial charge < -0.3 is 5.73 Å². The summed E-state index contributed by atoms with van der Waals surface area (Å²) in [7, 11) is -4.23. The van der Waals surface area contributed by atoms with Crippen molar-refractivity contribution in [3.8, 4) is 0 Å². The largest absolute Gasteiger partial charge is 0.326 e. The molecule has 0 radical (unpaired) electrons. The molecule has 0 aliphatic carbocycles. The molecule has 112 valence electrons. The van der Waals surface area contributed by atoms with E-state index in [9.17, 15) is 17.2 Å². The molecule has 9 heteroatoms. The van der Waals surface area contributed by atoms with Crippen molar-refractivity contribution in [3.63, 3.8) is 0 Å². The van der Waals surface area contributed by atoms with Crippen LogP contribution in [0.4, 0.5) is 8.78 Å². The summed E-state index contributed by atoms with van der Waals surface area (Å²) in [5.41, 5.74) is 5.84. The van der Waals surface area contributed by atoms with Gasteiger partial charge in [-0.2, -0.15) is 10.2 Å². The first-order valence-electron chi connectivity index (χ1n) is 5.88. The number of hydrogen-bond acceptors (Lipinski definition) is 5. The summed E-state index contributed by atoms with van der Waals surface area (Å²) in [5.74, 6) is -2.71. The second kappa shape index (κ2) is 6.20.